The quantitative estimate of drug-likeness (QED) is 0.550. The molecule has 0 bridgehead atoms. The number of esters is 1. The van der Waals surface area contributed by atoms with Gasteiger partial charge in [-0.2, -0.15) is 4.31 Å². The van der Waals surface area contributed by atoms with Crippen molar-refractivity contribution in [2.24, 2.45) is 0 Å². The van der Waals surface area contributed by atoms with Crippen molar-refractivity contribution in [2.75, 3.05) is 39.0 Å². The van der Waals surface area contributed by atoms with Crippen LogP contribution in [-0.2, 0) is 25.3 Å². The van der Waals surface area contributed by atoms with Crippen molar-refractivity contribution in [3.63, 3.8) is 0 Å². The van der Waals surface area contributed by atoms with E-state index in [1.54, 1.807) is 4.90 Å². The summed E-state index contributed by atoms with van der Waals surface area (Å²) >= 11 is 9.91. The number of amides is 1. The fraction of sp³-hybridized carbons (Fsp3) is 0.412. The van der Waals surface area contributed by atoms with Crippen LogP contribution in [0, 0.1) is 0 Å². The predicted octanol–water partition coefficient (Wildman–Crippen LogP) is 3.02. The van der Waals surface area contributed by atoms with Crippen molar-refractivity contribution >= 4 is 67.9 Å². The number of hydrogen-bond acceptors (Lipinski definition) is 8. The highest BCUT2D eigenvalue weighted by atomic mass is 35.5. The lowest BCUT2D eigenvalue weighted by Crippen LogP contribution is -2.50. The number of methoxy groups -OCH3 is 1. The Morgan fingerprint density at radius 1 is 1.24 bits per heavy atom. The second-order valence-corrected chi connectivity index (χ2v) is 12.0. The zero-order valence-corrected chi connectivity index (χ0v) is 19.5. The Morgan fingerprint density at radius 2 is 1.97 bits per heavy atom. The molecule has 0 N–H and O–H groups in total. The summed E-state index contributed by atoms with van der Waals surface area (Å²) in [7, 11) is -2.44. The number of rotatable bonds is 7. The van der Waals surface area contributed by atoms with Gasteiger partial charge in [-0.25, -0.2) is 13.2 Å². The number of sulfonamides is 1. The Morgan fingerprint density at radius 3 is 2.59 bits per heavy atom. The average molecular weight is 495 g/mol. The van der Waals surface area contributed by atoms with E-state index in [2.05, 4.69) is 4.74 Å². The first kappa shape index (κ1) is 22.6. The minimum absolute atomic E-state index is 0.00111. The average Bonchev–Trinajstić information content (AvgIpc) is 3.37. The molecule has 12 heteroatoms. The summed E-state index contributed by atoms with van der Waals surface area (Å²) in [6, 6.07) is 5.12. The van der Waals surface area contributed by atoms with Crippen LogP contribution in [0.5, 0.6) is 0 Å². The van der Waals surface area contributed by atoms with Crippen molar-refractivity contribution < 1.29 is 22.7 Å². The molecule has 2 aromatic rings. The second kappa shape index (κ2) is 9.80. The first-order valence-electron chi connectivity index (χ1n) is 8.58. The molecule has 3 heterocycles. The van der Waals surface area contributed by atoms with Gasteiger partial charge in [0.25, 0.3) is 10.0 Å². The third-order valence-electron chi connectivity index (χ3n) is 4.28. The molecule has 0 aliphatic carbocycles. The van der Waals surface area contributed by atoms with Gasteiger partial charge in [-0.3, -0.25) is 4.79 Å². The molecule has 3 rings (SSSR count). The third-order valence-corrected chi connectivity index (χ3v) is 9.97. The van der Waals surface area contributed by atoms with Gasteiger partial charge in [0.2, 0.25) is 5.91 Å². The van der Waals surface area contributed by atoms with E-state index in [1.807, 2.05) is 12.1 Å². The van der Waals surface area contributed by atoms with Crippen molar-refractivity contribution in [3.8, 4) is 0 Å². The maximum atomic E-state index is 12.8. The smallest absolute Gasteiger partial charge is 0.338 e. The van der Waals surface area contributed by atoms with E-state index in [9.17, 15) is 18.0 Å². The zero-order chi connectivity index (χ0) is 21.0. The van der Waals surface area contributed by atoms with Crippen molar-refractivity contribution in [1.29, 1.82) is 0 Å². The van der Waals surface area contributed by atoms with Crippen LogP contribution in [-0.4, -0.2) is 68.5 Å². The maximum Gasteiger partial charge on any atom is 0.338 e. The van der Waals surface area contributed by atoms with E-state index in [1.165, 1.54) is 46.0 Å². The molecular formula is C17H19ClN2O5S4. The van der Waals surface area contributed by atoms with Gasteiger partial charge in [-0.15, -0.1) is 34.4 Å². The van der Waals surface area contributed by atoms with Gasteiger partial charge in [-0.1, -0.05) is 11.6 Å². The lowest BCUT2D eigenvalue weighted by Gasteiger charge is -2.33. The molecule has 0 atom stereocenters. The number of hydrogen-bond donors (Lipinski definition) is 0. The molecular weight excluding hydrogens is 476 g/mol. The summed E-state index contributed by atoms with van der Waals surface area (Å²) in [6.45, 7) is 1.15. The molecule has 29 heavy (non-hydrogen) atoms. The molecule has 0 aromatic carbocycles. The summed E-state index contributed by atoms with van der Waals surface area (Å²) in [5.41, 5.74) is 0.217. The van der Waals surface area contributed by atoms with E-state index < -0.39 is 16.0 Å². The van der Waals surface area contributed by atoms with Gasteiger partial charge in [-0.05, 0) is 18.2 Å². The standard InChI is InChI=1S/C17H19ClN2O5S4/c1-25-17(22)12-8-16(27-9-12)29(23,24)20-6-4-19(5-7-20)15(21)11-26-10-13-2-3-14(18)28-13/h2-3,8-9H,4-7,10-11H2,1H3. The van der Waals surface area contributed by atoms with Crippen LogP contribution in [0.15, 0.2) is 27.8 Å². The van der Waals surface area contributed by atoms with Crippen LogP contribution >= 0.6 is 46.0 Å². The minimum Gasteiger partial charge on any atom is -0.465 e. The highest BCUT2D eigenvalue weighted by molar-refractivity contribution is 7.99. The van der Waals surface area contributed by atoms with Gasteiger partial charge in [0.1, 0.15) is 4.21 Å². The molecule has 7 nitrogen and oxygen atoms in total. The largest absolute Gasteiger partial charge is 0.465 e. The third kappa shape index (κ3) is 5.53. The Kier molecular flexibility index (Phi) is 7.63. The Bertz CT molecular complexity index is 980. The highest BCUT2D eigenvalue weighted by Crippen LogP contribution is 2.27. The SMILES string of the molecule is COC(=O)c1csc(S(=O)(=O)N2CCN(C(=O)CSCc3ccc(Cl)s3)CC2)c1. The Labute approximate surface area is 186 Å². The van der Waals surface area contributed by atoms with Crippen LogP contribution in [0.1, 0.15) is 15.2 Å². The number of thiophene rings is 2. The fourth-order valence-corrected chi connectivity index (χ4v) is 7.59. The maximum absolute atomic E-state index is 12.8. The van der Waals surface area contributed by atoms with Gasteiger partial charge in [0.15, 0.2) is 0 Å². The van der Waals surface area contributed by atoms with E-state index in [4.69, 9.17) is 11.6 Å². The monoisotopic (exact) mass is 494 g/mol. The first-order chi connectivity index (χ1) is 13.8. The Hall–Kier alpha value is -1.11. The molecule has 0 unspecified atom stereocenters. The van der Waals surface area contributed by atoms with E-state index in [0.717, 1.165) is 26.3 Å². The molecule has 0 saturated carbocycles. The van der Waals surface area contributed by atoms with Crippen LogP contribution in [0.4, 0.5) is 0 Å². The predicted molar refractivity (Wildman–Crippen MR) is 116 cm³/mol. The van der Waals surface area contributed by atoms with Crippen molar-refractivity contribution in [1.82, 2.24) is 9.21 Å². The fourth-order valence-electron chi connectivity index (χ4n) is 2.74. The van der Waals surface area contributed by atoms with E-state index >= 15 is 0 Å². The summed E-state index contributed by atoms with van der Waals surface area (Å²) in [5.74, 6) is 0.493. The van der Waals surface area contributed by atoms with E-state index in [0.29, 0.717) is 18.8 Å². The van der Waals surface area contributed by atoms with Crippen LogP contribution in [0.3, 0.4) is 0 Å². The van der Waals surface area contributed by atoms with Crippen molar-refractivity contribution in [3.05, 3.63) is 38.4 Å². The van der Waals surface area contributed by atoms with Crippen molar-refractivity contribution in [2.45, 2.75) is 9.96 Å². The minimum atomic E-state index is -3.69. The molecule has 1 fully saturated rings. The lowest BCUT2D eigenvalue weighted by molar-refractivity contribution is -0.129. The number of ether oxygens (including phenoxy) is 1. The first-order valence-corrected chi connectivity index (χ1v) is 13.2. The van der Waals surface area contributed by atoms with E-state index in [-0.39, 0.29) is 28.8 Å². The number of carbonyl (C=O) groups is 2. The molecule has 1 amide bonds. The summed E-state index contributed by atoms with van der Waals surface area (Å²) in [6.07, 6.45) is 0. The molecule has 0 spiro atoms. The summed E-state index contributed by atoms with van der Waals surface area (Å²) in [4.78, 5) is 26.8. The number of thioether (sulfide) groups is 1. The molecule has 1 saturated heterocycles. The molecule has 1 aliphatic rings. The number of nitrogens with zero attached hydrogens (tertiary/aromatic N) is 2. The molecule has 0 radical (unpaired) electrons. The molecule has 2 aromatic heterocycles. The summed E-state index contributed by atoms with van der Waals surface area (Å²) < 4.78 is 32.4. The number of halogens is 1. The normalized spacial score (nSPS) is 15.4. The highest BCUT2D eigenvalue weighted by Gasteiger charge is 2.31. The van der Waals surface area contributed by atoms with Gasteiger partial charge < -0.3 is 9.64 Å². The summed E-state index contributed by atoms with van der Waals surface area (Å²) in [5, 5.41) is 1.47. The number of carbonyl (C=O) groups excluding carboxylic acids is 2. The lowest BCUT2D eigenvalue weighted by atomic mass is 10.3. The van der Waals surface area contributed by atoms with Crippen LogP contribution in [0.2, 0.25) is 4.34 Å². The zero-order valence-electron chi connectivity index (χ0n) is 15.5. The van der Waals surface area contributed by atoms with Crippen LogP contribution in [0.25, 0.3) is 0 Å². The van der Waals surface area contributed by atoms with Gasteiger partial charge in [0.05, 0.1) is 22.8 Å². The van der Waals surface area contributed by atoms with Gasteiger partial charge in [0, 0.05) is 42.2 Å². The Balaban J connectivity index is 1.50. The molecule has 1 aliphatic heterocycles. The van der Waals surface area contributed by atoms with Crippen LogP contribution < -0.4 is 0 Å². The molecule has 158 valence electrons. The van der Waals surface area contributed by atoms with Gasteiger partial charge >= 0.3 is 5.97 Å². The topological polar surface area (TPSA) is 84.0 Å². The second-order valence-electron chi connectivity index (χ2n) is 6.13. The number of piperazine rings is 1.